The molecule has 1 atom stereocenters. The summed E-state index contributed by atoms with van der Waals surface area (Å²) in [6, 6.07) is 12.5. The topological polar surface area (TPSA) is 36.4 Å². The van der Waals surface area contributed by atoms with Crippen molar-refractivity contribution in [2.24, 2.45) is 4.99 Å². The molecule has 3 aromatic rings. The monoisotopic (exact) mass is 431 g/mol. The summed E-state index contributed by atoms with van der Waals surface area (Å²) in [5.74, 6) is -2.49. The van der Waals surface area contributed by atoms with Gasteiger partial charge in [-0.3, -0.25) is 4.72 Å². The van der Waals surface area contributed by atoms with Gasteiger partial charge in [-0.2, -0.15) is 0 Å². The van der Waals surface area contributed by atoms with Gasteiger partial charge in [-0.25, -0.2) is 22.6 Å². The molecule has 3 aromatic carbocycles. The summed E-state index contributed by atoms with van der Waals surface area (Å²) in [4.78, 5) is 5.00. The molecular weight excluding hydrogens is 414 g/mol. The highest BCUT2D eigenvalue weighted by molar-refractivity contribution is 7.98. The second kappa shape index (κ2) is 8.39. The number of guanidine groups is 1. The van der Waals surface area contributed by atoms with Gasteiger partial charge in [0.2, 0.25) is 5.96 Å². The van der Waals surface area contributed by atoms with Gasteiger partial charge in [0.25, 0.3) is 0 Å². The summed E-state index contributed by atoms with van der Waals surface area (Å²) < 4.78 is 59.0. The lowest BCUT2D eigenvalue weighted by Gasteiger charge is -2.26. The van der Waals surface area contributed by atoms with Gasteiger partial charge in [0.05, 0.1) is 17.1 Å². The van der Waals surface area contributed by atoms with E-state index >= 15 is 0 Å². The molecule has 0 aliphatic carbocycles. The Hall–Kier alpha value is -3.00. The van der Waals surface area contributed by atoms with Crippen LogP contribution < -0.4 is 10.0 Å². The van der Waals surface area contributed by atoms with Crippen LogP contribution in [0.25, 0.3) is 0 Å². The van der Waals surface area contributed by atoms with Gasteiger partial charge < -0.3 is 5.32 Å². The molecule has 2 N–H and O–H groups in total. The van der Waals surface area contributed by atoms with Gasteiger partial charge in [-0.15, -0.1) is 0 Å². The van der Waals surface area contributed by atoms with Crippen LogP contribution >= 0.6 is 11.9 Å². The fourth-order valence-electron chi connectivity index (χ4n) is 3.33. The van der Waals surface area contributed by atoms with Crippen LogP contribution in [0.5, 0.6) is 0 Å². The first-order valence-corrected chi connectivity index (χ1v) is 10.0. The van der Waals surface area contributed by atoms with Crippen LogP contribution in [0.15, 0.2) is 64.5 Å². The molecule has 3 nitrogen and oxygen atoms in total. The van der Waals surface area contributed by atoms with Crippen LogP contribution in [0.2, 0.25) is 0 Å². The number of fused-ring (bicyclic) bond motifs is 1. The molecule has 0 radical (unpaired) electrons. The molecule has 0 aromatic heterocycles. The zero-order valence-electron chi connectivity index (χ0n) is 15.8. The Labute approximate surface area is 175 Å². The zero-order valence-corrected chi connectivity index (χ0v) is 16.7. The molecule has 1 aliphatic rings. The number of nitrogens with one attached hydrogen (secondary N) is 2. The summed E-state index contributed by atoms with van der Waals surface area (Å²) in [7, 11) is 0. The van der Waals surface area contributed by atoms with Crippen molar-refractivity contribution < 1.29 is 17.6 Å². The van der Waals surface area contributed by atoms with Gasteiger partial charge in [-0.1, -0.05) is 31.2 Å². The van der Waals surface area contributed by atoms with E-state index in [1.807, 2.05) is 0 Å². The van der Waals surface area contributed by atoms with Crippen LogP contribution in [0.1, 0.15) is 29.5 Å². The van der Waals surface area contributed by atoms with Crippen molar-refractivity contribution in [3.05, 3.63) is 94.6 Å². The molecule has 1 heterocycles. The maximum absolute atomic E-state index is 14.8. The predicted molar refractivity (Wildman–Crippen MR) is 110 cm³/mol. The van der Waals surface area contributed by atoms with Crippen molar-refractivity contribution in [1.82, 2.24) is 4.72 Å². The number of rotatable bonds is 4. The Morgan fingerprint density at radius 3 is 2.50 bits per heavy atom. The van der Waals surface area contributed by atoms with E-state index in [1.165, 1.54) is 30.1 Å². The van der Waals surface area contributed by atoms with E-state index in [1.54, 1.807) is 31.2 Å². The average Bonchev–Trinajstić information content (AvgIpc) is 2.73. The number of benzene rings is 3. The van der Waals surface area contributed by atoms with E-state index in [4.69, 9.17) is 0 Å². The molecule has 4 rings (SSSR count). The molecule has 0 saturated carbocycles. The van der Waals surface area contributed by atoms with Gasteiger partial charge in [0.15, 0.2) is 0 Å². The fourth-order valence-corrected chi connectivity index (χ4v) is 4.05. The van der Waals surface area contributed by atoms with E-state index in [0.29, 0.717) is 22.8 Å². The maximum Gasteiger partial charge on any atom is 0.206 e. The minimum absolute atomic E-state index is 0.0368. The van der Waals surface area contributed by atoms with Crippen molar-refractivity contribution in [3.63, 3.8) is 0 Å². The molecule has 0 saturated heterocycles. The van der Waals surface area contributed by atoms with E-state index in [0.717, 1.165) is 17.0 Å². The van der Waals surface area contributed by atoms with Gasteiger partial charge in [0.1, 0.15) is 23.3 Å². The Morgan fingerprint density at radius 2 is 1.73 bits per heavy atom. The minimum Gasteiger partial charge on any atom is -0.324 e. The number of nitrogens with zero attached hydrogens (tertiary/aromatic N) is 1. The standard InChI is InChI=1S/C22H17F4N3S/c1-12(15-4-2-3-5-16(15)24)20-17(25)8-9-19-21(20)28-22(29-30-19)27-11-13-6-7-14(23)10-18(13)26/h2-10,12H,11H2,1H3,(H2,27,28,29). The Kier molecular flexibility index (Phi) is 5.67. The third kappa shape index (κ3) is 4.00. The second-order valence-electron chi connectivity index (χ2n) is 6.81. The first-order chi connectivity index (χ1) is 14.4. The van der Waals surface area contributed by atoms with E-state index in [2.05, 4.69) is 15.0 Å². The molecule has 0 amide bonds. The first kappa shape index (κ1) is 20.3. The molecule has 154 valence electrons. The van der Waals surface area contributed by atoms with Crippen molar-refractivity contribution in [3.8, 4) is 0 Å². The van der Waals surface area contributed by atoms with Crippen LogP contribution in [0.4, 0.5) is 23.2 Å². The fraction of sp³-hybridized carbons (Fsp3) is 0.136. The highest BCUT2D eigenvalue weighted by Gasteiger charge is 2.26. The maximum atomic E-state index is 14.8. The predicted octanol–water partition coefficient (Wildman–Crippen LogP) is 5.97. The van der Waals surface area contributed by atoms with Gasteiger partial charge >= 0.3 is 0 Å². The molecule has 1 aliphatic heterocycles. The number of hydrogen-bond acceptors (Lipinski definition) is 2. The van der Waals surface area contributed by atoms with Crippen molar-refractivity contribution in [1.29, 1.82) is 0 Å². The molecule has 0 spiro atoms. The van der Waals surface area contributed by atoms with Crippen molar-refractivity contribution >= 4 is 23.6 Å². The highest BCUT2D eigenvalue weighted by Crippen LogP contribution is 2.40. The lowest BCUT2D eigenvalue weighted by atomic mass is 9.91. The second-order valence-corrected chi connectivity index (χ2v) is 7.66. The lowest BCUT2D eigenvalue weighted by molar-refractivity contribution is 0.572. The number of aliphatic imine (C=N–C) groups is 1. The summed E-state index contributed by atoms with van der Waals surface area (Å²) in [6.07, 6.45) is 0. The van der Waals surface area contributed by atoms with E-state index < -0.39 is 29.2 Å². The summed E-state index contributed by atoms with van der Waals surface area (Å²) in [5.41, 5.74) is 1.39. The van der Waals surface area contributed by atoms with Gasteiger partial charge in [-0.05, 0) is 41.8 Å². The minimum atomic E-state index is -0.692. The largest absolute Gasteiger partial charge is 0.324 e. The van der Waals surface area contributed by atoms with E-state index in [9.17, 15) is 17.6 Å². The van der Waals surface area contributed by atoms with Crippen LogP contribution in [-0.4, -0.2) is 5.96 Å². The van der Waals surface area contributed by atoms with Crippen molar-refractivity contribution in [2.45, 2.75) is 24.3 Å². The van der Waals surface area contributed by atoms with E-state index in [-0.39, 0.29) is 12.1 Å². The molecule has 1 unspecified atom stereocenters. The van der Waals surface area contributed by atoms with Crippen LogP contribution in [-0.2, 0) is 6.54 Å². The Bertz CT molecular complexity index is 1130. The third-order valence-electron chi connectivity index (χ3n) is 4.88. The molecular formula is C22H17F4N3S. The first-order valence-electron chi connectivity index (χ1n) is 9.19. The number of anilines is 1. The highest BCUT2D eigenvalue weighted by atomic mass is 32.2. The summed E-state index contributed by atoms with van der Waals surface area (Å²) in [5, 5.41) is 3.04. The quantitative estimate of drug-likeness (QED) is 0.395. The molecule has 30 heavy (non-hydrogen) atoms. The lowest BCUT2D eigenvalue weighted by Crippen LogP contribution is -2.30. The number of hydrogen-bond donors (Lipinski definition) is 2. The number of halogens is 4. The normalized spacial score (nSPS) is 15.3. The van der Waals surface area contributed by atoms with Crippen LogP contribution in [0.3, 0.4) is 0 Å². The summed E-state index contributed by atoms with van der Waals surface area (Å²) in [6.45, 7) is 1.70. The molecule has 8 heteroatoms. The molecule has 0 bridgehead atoms. The zero-order chi connectivity index (χ0) is 21.3. The Balaban J connectivity index is 1.66. The smallest absolute Gasteiger partial charge is 0.206 e. The van der Waals surface area contributed by atoms with Crippen LogP contribution in [0, 0.1) is 23.3 Å². The van der Waals surface area contributed by atoms with Gasteiger partial charge in [0, 0.05) is 23.1 Å². The summed E-state index contributed by atoms with van der Waals surface area (Å²) >= 11 is 1.22. The van der Waals surface area contributed by atoms with Crippen molar-refractivity contribution in [2.75, 3.05) is 5.32 Å². The Morgan fingerprint density at radius 1 is 0.933 bits per heavy atom. The average molecular weight is 431 g/mol. The third-order valence-corrected chi connectivity index (χ3v) is 5.74. The molecule has 0 fully saturated rings. The SMILES string of the molecule is CC(c1ccccc1F)c1c(F)ccc2c1NC(=NCc1ccc(F)cc1F)NS2.